The van der Waals surface area contributed by atoms with Crippen molar-refractivity contribution in [1.29, 1.82) is 0 Å². The summed E-state index contributed by atoms with van der Waals surface area (Å²) in [7, 11) is 0. The predicted molar refractivity (Wildman–Crippen MR) is 81.2 cm³/mol. The van der Waals surface area contributed by atoms with Crippen LogP contribution in [0.15, 0.2) is 24.3 Å². The van der Waals surface area contributed by atoms with Gasteiger partial charge in [-0.15, -0.1) is 0 Å². The minimum Gasteiger partial charge on any atom is -0.461 e. The monoisotopic (exact) mass is 403 g/mol. The third kappa shape index (κ3) is 2.18. The van der Waals surface area contributed by atoms with E-state index in [0.29, 0.717) is 6.42 Å². The highest BCUT2D eigenvalue weighted by molar-refractivity contribution is 9.09. The second-order valence-corrected chi connectivity index (χ2v) is 7.55. The van der Waals surface area contributed by atoms with Gasteiger partial charge in [-0.05, 0) is 24.5 Å². The number of nitrogens with one attached hydrogen (secondary N) is 1. The number of para-hydroxylation sites is 1. The zero-order chi connectivity index (χ0) is 17.2. The van der Waals surface area contributed by atoms with Gasteiger partial charge in [0.1, 0.15) is 6.10 Å². The Kier molecular flexibility index (Phi) is 3.46. The summed E-state index contributed by atoms with van der Waals surface area (Å²) in [6.45, 7) is 0. The Morgan fingerprint density at radius 1 is 1.25 bits per heavy atom. The van der Waals surface area contributed by atoms with E-state index < -0.39 is 35.5 Å². The van der Waals surface area contributed by atoms with Crippen LogP contribution in [-0.4, -0.2) is 22.8 Å². The van der Waals surface area contributed by atoms with Crippen molar-refractivity contribution in [3.8, 4) is 0 Å². The molecule has 1 saturated heterocycles. The van der Waals surface area contributed by atoms with Crippen LogP contribution in [0.2, 0.25) is 0 Å². The van der Waals surface area contributed by atoms with E-state index in [2.05, 4.69) is 21.2 Å². The molecule has 1 heterocycles. The number of benzene rings is 1. The Morgan fingerprint density at radius 2 is 1.96 bits per heavy atom. The van der Waals surface area contributed by atoms with Crippen LogP contribution in [0.1, 0.15) is 12.0 Å². The predicted octanol–water partition coefficient (Wildman–Crippen LogP) is 3.21. The number of rotatable bonds is 2. The van der Waals surface area contributed by atoms with Gasteiger partial charge in [0.05, 0.1) is 27.9 Å². The molecule has 0 unspecified atom stereocenters. The topological polar surface area (TPSA) is 55.4 Å². The molecule has 1 N–H and O–H groups in total. The molecule has 0 aromatic heterocycles. The zero-order valence-corrected chi connectivity index (χ0v) is 13.8. The molecule has 2 saturated carbocycles. The Bertz CT molecular complexity index is 723. The molecule has 0 radical (unpaired) electrons. The first-order valence-corrected chi connectivity index (χ1v) is 8.52. The normalized spacial score (nSPS) is 36.8. The first-order chi connectivity index (χ1) is 11.3. The van der Waals surface area contributed by atoms with Crippen molar-refractivity contribution in [1.82, 2.24) is 0 Å². The molecular formula is C16H13BrF3NO3. The summed E-state index contributed by atoms with van der Waals surface area (Å²) in [4.78, 5) is 24.6. The summed E-state index contributed by atoms with van der Waals surface area (Å²) in [6.07, 6.45) is -4.11. The summed E-state index contributed by atoms with van der Waals surface area (Å²) in [6, 6.07) is 4.83. The van der Waals surface area contributed by atoms with Crippen molar-refractivity contribution in [2.24, 2.45) is 23.7 Å². The van der Waals surface area contributed by atoms with Gasteiger partial charge in [-0.3, -0.25) is 9.59 Å². The molecule has 8 heteroatoms. The SMILES string of the molecule is O=C(Nc1ccccc1C(F)(F)F)[C@@H]1[C@H]2C[C@H]3[C@H](OC(=O)[C@@H]31)[C@@H]2Br. The number of carbonyl (C=O) groups is 2. The van der Waals surface area contributed by atoms with Crippen molar-refractivity contribution in [3.63, 3.8) is 0 Å². The average molecular weight is 404 g/mol. The average Bonchev–Trinajstić information content (AvgIpc) is 3.11. The lowest BCUT2D eigenvalue weighted by atomic mass is 9.79. The van der Waals surface area contributed by atoms with Gasteiger partial charge in [0.15, 0.2) is 0 Å². The van der Waals surface area contributed by atoms with Crippen LogP contribution in [-0.2, 0) is 20.5 Å². The Hall–Kier alpha value is -1.57. The zero-order valence-electron chi connectivity index (χ0n) is 12.2. The van der Waals surface area contributed by atoms with Gasteiger partial charge >= 0.3 is 12.1 Å². The number of amides is 1. The Labute approximate surface area is 143 Å². The molecular weight excluding hydrogens is 391 g/mol. The fourth-order valence-corrected chi connectivity index (χ4v) is 5.43. The quantitative estimate of drug-likeness (QED) is 0.609. The molecule has 1 aromatic rings. The third-order valence-electron chi connectivity index (χ3n) is 5.32. The number of carbonyl (C=O) groups excluding carboxylic acids is 2. The summed E-state index contributed by atoms with van der Waals surface area (Å²) in [5.41, 5.74) is -1.18. The number of anilines is 1. The van der Waals surface area contributed by atoms with Crippen LogP contribution in [0.3, 0.4) is 0 Å². The van der Waals surface area contributed by atoms with E-state index in [1.165, 1.54) is 18.2 Å². The smallest absolute Gasteiger partial charge is 0.418 e. The van der Waals surface area contributed by atoms with Crippen molar-refractivity contribution in [2.75, 3.05) is 5.32 Å². The van der Waals surface area contributed by atoms with Crippen LogP contribution in [0, 0.1) is 23.7 Å². The fourth-order valence-electron chi connectivity index (χ4n) is 4.39. The first-order valence-electron chi connectivity index (χ1n) is 7.60. The van der Waals surface area contributed by atoms with Gasteiger partial charge in [0.25, 0.3) is 0 Å². The van der Waals surface area contributed by atoms with Crippen molar-refractivity contribution in [3.05, 3.63) is 29.8 Å². The second-order valence-electron chi connectivity index (χ2n) is 6.49. The molecule has 128 valence electrons. The lowest BCUT2D eigenvalue weighted by Gasteiger charge is -2.27. The molecule has 1 amide bonds. The highest BCUT2D eigenvalue weighted by Gasteiger charge is 2.67. The molecule has 24 heavy (non-hydrogen) atoms. The first kappa shape index (κ1) is 15.9. The fraction of sp³-hybridized carbons (Fsp3) is 0.500. The maximum absolute atomic E-state index is 13.1. The maximum Gasteiger partial charge on any atom is 0.418 e. The van der Waals surface area contributed by atoms with E-state index in [1.54, 1.807) is 0 Å². The van der Waals surface area contributed by atoms with Crippen LogP contribution < -0.4 is 5.32 Å². The third-order valence-corrected chi connectivity index (χ3v) is 6.52. The molecule has 3 fully saturated rings. The van der Waals surface area contributed by atoms with Crippen molar-refractivity contribution >= 4 is 33.5 Å². The summed E-state index contributed by atoms with van der Waals surface area (Å²) < 4.78 is 44.5. The van der Waals surface area contributed by atoms with Gasteiger partial charge in [-0.1, -0.05) is 28.1 Å². The van der Waals surface area contributed by atoms with E-state index in [-0.39, 0.29) is 28.5 Å². The number of alkyl halides is 4. The number of esters is 1. The van der Waals surface area contributed by atoms with Gasteiger partial charge < -0.3 is 10.1 Å². The summed E-state index contributed by atoms with van der Waals surface area (Å²) in [5.74, 6) is -2.31. The van der Waals surface area contributed by atoms with Crippen LogP contribution in [0.4, 0.5) is 18.9 Å². The molecule has 2 aliphatic carbocycles. The molecule has 4 rings (SSSR count). The van der Waals surface area contributed by atoms with E-state index >= 15 is 0 Å². The van der Waals surface area contributed by atoms with Crippen molar-refractivity contribution in [2.45, 2.75) is 23.5 Å². The highest BCUT2D eigenvalue weighted by atomic mass is 79.9. The minimum atomic E-state index is -4.56. The second kappa shape index (κ2) is 5.21. The van der Waals surface area contributed by atoms with Crippen LogP contribution >= 0.6 is 15.9 Å². The Balaban J connectivity index is 1.61. The molecule has 6 atom stereocenters. The number of hydrogen-bond donors (Lipinski definition) is 1. The number of halogens is 4. The number of hydrogen-bond acceptors (Lipinski definition) is 3. The maximum atomic E-state index is 13.1. The summed E-state index contributed by atoms with van der Waals surface area (Å²) >= 11 is 3.48. The number of fused-ring (bicyclic) bond motifs is 1. The van der Waals surface area contributed by atoms with Crippen molar-refractivity contribution < 1.29 is 27.5 Å². The summed E-state index contributed by atoms with van der Waals surface area (Å²) in [5, 5.41) is 2.38. The lowest BCUT2D eigenvalue weighted by Crippen LogP contribution is -2.40. The standard InChI is InChI=1S/C16H13BrF3NO3/c17-12-6-5-7-11(15(23)24-13(7)12)10(6)14(22)21-9-4-2-1-3-8(9)16(18,19)20/h1-4,6-7,10-13H,5H2,(H,21,22)/t6-,7-,10-,11+,12-,13+/m1/s1. The van der Waals surface area contributed by atoms with Gasteiger partial charge in [-0.25, -0.2) is 0 Å². The minimum absolute atomic E-state index is 0.0273. The van der Waals surface area contributed by atoms with Crippen LogP contribution in [0.25, 0.3) is 0 Å². The van der Waals surface area contributed by atoms with Crippen LogP contribution in [0.5, 0.6) is 0 Å². The molecule has 1 aliphatic heterocycles. The van der Waals surface area contributed by atoms with E-state index in [0.717, 1.165) is 6.07 Å². The Morgan fingerprint density at radius 3 is 2.67 bits per heavy atom. The number of ether oxygens (including phenoxy) is 1. The van der Waals surface area contributed by atoms with Gasteiger partial charge in [0, 0.05) is 5.92 Å². The lowest BCUT2D eigenvalue weighted by molar-refractivity contribution is -0.145. The molecule has 3 aliphatic rings. The molecule has 2 bridgehead atoms. The van der Waals surface area contributed by atoms with E-state index in [4.69, 9.17) is 4.74 Å². The van der Waals surface area contributed by atoms with E-state index in [1.807, 2.05) is 0 Å². The van der Waals surface area contributed by atoms with Gasteiger partial charge in [0.2, 0.25) is 5.91 Å². The molecule has 1 aromatic carbocycles. The molecule has 0 spiro atoms. The van der Waals surface area contributed by atoms with E-state index in [9.17, 15) is 22.8 Å². The van der Waals surface area contributed by atoms with Gasteiger partial charge in [-0.2, -0.15) is 13.2 Å². The molecule has 4 nitrogen and oxygen atoms in total. The largest absolute Gasteiger partial charge is 0.461 e. The highest BCUT2D eigenvalue weighted by Crippen LogP contribution is 2.60.